The Kier molecular flexibility index (Phi) is 4.12. The Morgan fingerprint density at radius 3 is 2.67 bits per heavy atom. The van der Waals surface area contributed by atoms with Gasteiger partial charge in [-0.15, -0.1) is 0 Å². The van der Waals surface area contributed by atoms with Gasteiger partial charge in [0.1, 0.15) is 0 Å². The number of aryl methyl sites for hydroxylation is 1. The maximum Gasteiger partial charge on any atom is 0.289 e. The van der Waals surface area contributed by atoms with Crippen LogP contribution in [-0.2, 0) is 6.54 Å². The topological polar surface area (TPSA) is 62.7 Å². The van der Waals surface area contributed by atoms with Crippen molar-refractivity contribution in [2.24, 2.45) is 0 Å². The van der Waals surface area contributed by atoms with Crippen LogP contribution < -0.4 is 0 Å². The summed E-state index contributed by atoms with van der Waals surface area (Å²) in [7, 11) is 0. The Labute approximate surface area is 130 Å². The van der Waals surface area contributed by atoms with E-state index in [-0.39, 0.29) is 5.91 Å². The molecular weight excluding hydrogens is 338 g/mol. The average Bonchev–Trinajstić information content (AvgIpc) is 3.08. The first kappa shape index (κ1) is 14.3. The van der Waals surface area contributed by atoms with Crippen LogP contribution in [-0.4, -0.2) is 47.0 Å². The lowest BCUT2D eigenvalue weighted by Gasteiger charge is -2.33. The minimum Gasteiger partial charge on any atom is -0.444 e. The molecule has 0 aliphatic carbocycles. The summed E-state index contributed by atoms with van der Waals surface area (Å²) in [5.74, 6) is 1.18. The number of carbonyl (C=O) groups is 1. The molecule has 0 spiro atoms. The Balaban J connectivity index is 1.54. The van der Waals surface area contributed by atoms with E-state index >= 15 is 0 Å². The zero-order valence-corrected chi connectivity index (χ0v) is 13.3. The molecule has 21 heavy (non-hydrogen) atoms. The summed E-state index contributed by atoms with van der Waals surface area (Å²) >= 11 is 3.21. The normalized spacial score (nSPS) is 16.4. The van der Waals surface area contributed by atoms with E-state index in [1.807, 2.05) is 17.9 Å². The number of halogens is 1. The molecule has 0 radical (unpaired) electrons. The number of carbonyl (C=O) groups excluding carboxylic acids is 1. The minimum absolute atomic E-state index is 0.0594. The second-order valence-corrected chi connectivity index (χ2v) is 5.89. The SMILES string of the molecule is Cc1cc(CN2CCN(C(=O)c3ccc(Br)o3)CC2)on1. The Bertz CT molecular complexity index is 629. The van der Waals surface area contributed by atoms with E-state index in [2.05, 4.69) is 26.0 Å². The third-order valence-corrected chi connectivity index (χ3v) is 3.93. The molecule has 1 aliphatic heterocycles. The maximum atomic E-state index is 12.2. The second kappa shape index (κ2) is 6.03. The van der Waals surface area contributed by atoms with Crippen molar-refractivity contribution >= 4 is 21.8 Å². The fourth-order valence-electron chi connectivity index (χ4n) is 2.41. The molecular formula is C14H16BrN3O3. The third-order valence-electron chi connectivity index (χ3n) is 3.50. The molecule has 1 amide bonds. The lowest BCUT2D eigenvalue weighted by molar-refractivity contribution is 0.0586. The highest BCUT2D eigenvalue weighted by Crippen LogP contribution is 2.17. The minimum atomic E-state index is -0.0594. The Hall–Kier alpha value is -1.60. The van der Waals surface area contributed by atoms with Crippen LogP contribution in [0.1, 0.15) is 22.0 Å². The zero-order chi connectivity index (χ0) is 14.8. The van der Waals surface area contributed by atoms with E-state index in [0.717, 1.165) is 31.1 Å². The molecule has 0 unspecified atom stereocenters. The summed E-state index contributed by atoms with van der Waals surface area (Å²) in [5, 5.41) is 3.88. The van der Waals surface area contributed by atoms with E-state index in [9.17, 15) is 4.79 Å². The van der Waals surface area contributed by atoms with Crippen molar-refractivity contribution in [3.05, 3.63) is 40.1 Å². The first-order valence-corrected chi connectivity index (χ1v) is 7.60. The molecule has 6 nitrogen and oxygen atoms in total. The van der Waals surface area contributed by atoms with Gasteiger partial charge in [0, 0.05) is 32.2 Å². The fraction of sp³-hybridized carbons (Fsp3) is 0.429. The van der Waals surface area contributed by atoms with Crippen LogP contribution in [0.3, 0.4) is 0 Å². The van der Waals surface area contributed by atoms with Gasteiger partial charge >= 0.3 is 0 Å². The molecule has 0 atom stereocenters. The van der Waals surface area contributed by atoms with Crippen molar-refractivity contribution < 1.29 is 13.7 Å². The van der Waals surface area contributed by atoms with Gasteiger partial charge in [-0.05, 0) is 35.0 Å². The summed E-state index contributed by atoms with van der Waals surface area (Å²) in [4.78, 5) is 16.3. The molecule has 0 saturated carbocycles. The van der Waals surface area contributed by atoms with Crippen LogP contribution in [0.15, 0.2) is 31.8 Å². The highest BCUT2D eigenvalue weighted by atomic mass is 79.9. The van der Waals surface area contributed by atoms with Gasteiger partial charge in [0.2, 0.25) is 0 Å². The van der Waals surface area contributed by atoms with Crippen LogP contribution in [0.5, 0.6) is 0 Å². The predicted octanol–water partition coefficient (Wildman–Crippen LogP) is 2.30. The van der Waals surface area contributed by atoms with Crippen LogP contribution in [0.4, 0.5) is 0 Å². The van der Waals surface area contributed by atoms with Gasteiger partial charge in [-0.2, -0.15) is 0 Å². The van der Waals surface area contributed by atoms with Crippen molar-refractivity contribution in [2.75, 3.05) is 26.2 Å². The van der Waals surface area contributed by atoms with E-state index in [1.54, 1.807) is 12.1 Å². The molecule has 0 N–H and O–H groups in total. The van der Waals surface area contributed by atoms with E-state index in [4.69, 9.17) is 8.94 Å². The lowest BCUT2D eigenvalue weighted by atomic mass is 10.2. The van der Waals surface area contributed by atoms with E-state index < -0.39 is 0 Å². The monoisotopic (exact) mass is 353 g/mol. The second-order valence-electron chi connectivity index (χ2n) is 5.11. The molecule has 2 aromatic heterocycles. The molecule has 1 fully saturated rings. The van der Waals surface area contributed by atoms with Crippen molar-refractivity contribution in [3.63, 3.8) is 0 Å². The van der Waals surface area contributed by atoms with Crippen LogP contribution in [0.25, 0.3) is 0 Å². The first-order valence-electron chi connectivity index (χ1n) is 6.81. The summed E-state index contributed by atoms with van der Waals surface area (Å²) < 4.78 is 11.1. The summed E-state index contributed by atoms with van der Waals surface area (Å²) in [6.45, 7) is 5.63. The Morgan fingerprint density at radius 2 is 2.10 bits per heavy atom. The van der Waals surface area contributed by atoms with Gasteiger partial charge < -0.3 is 13.8 Å². The highest BCUT2D eigenvalue weighted by Gasteiger charge is 2.24. The van der Waals surface area contributed by atoms with Crippen LogP contribution in [0, 0.1) is 6.92 Å². The molecule has 1 saturated heterocycles. The molecule has 3 heterocycles. The van der Waals surface area contributed by atoms with Crippen LogP contribution in [0.2, 0.25) is 0 Å². The molecule has 3 rings (SSSR count). The third kappa shape index (κ3) is 3.36. The van der Waals surface area contributed by atoms with Crippen LogP contribution >= 0.6 is 15.9 Å². The number of nitrogens with zero attached hydrogens (tertiary/aromatic N) is 3. The largest absolute Gasteiger partial charge is 0.444 e. The maximum absolute atomic E-state index is 12.2. The highest BCUT2D eigenvalue weighted by molar-refractivity contribution is 9.10. The first-order chi connectivity index (χ1) is 10.1. The van der Waals surface area contributed by atoms with E-state index in [0.29, 0.717) is 23.5 Å². The summed E-state index contributed by atoms with van der Waals surface area (Å²) in [6, 6.07) is 5.36. The zero-order valence-electron chi connectivity index (χ0n) is 11.7. The van der Waals surface area contributed by atoms with Gasteiger partial charge in [0.25, 0.3) is 5.91 Å². The number of hydrogen-bond acceptors (Lipinski definition) is 5. The van der Waals surface area contributed by atoms with E-state index in [1.165, 1.54) is 0 Å². The molecule has 1 aliphatic rings. The fourth-order valence-corrected chi connectivity index (χ4v) is 2.71. The number of hydrogen-bond donors (Lipinski definition) is 0. The molecule has 2 aromatic rings. The van der Waals surface area contributed by atoms with Gasteiger partial charge in [-0.25, -0.2) is 0 Å². The quantitative estimate of drug-likeness (QED) is 0.846. The lowest BCUT2D eigenvalue weighted by Crippen LogP contribution is -2.48. The number of piperazine rings is 1. The number of amides is 1. The predicted molar refractivity (Wildman–Crippen MR) is 78.8 cm³/mol. The van der Waals surface area contributed by atoms with Crippen molar-refractivity contribution in [1.29, 1.82) is 0 Å². The van der Waals surface area contributed by atoms with Crippen molar-refractivity contribution in [3.8, 4) is 0 Å². The smallest absolute Gasteiger partial charge is 0.289 e. The standard InChI is InChI=1S/C14H16BrN3O3/c1-10-8-11(21-16-10)9-17-4-6-18(7-5-17)14(19)12-2-3-13(15)20-12/h2-3,8H,4-7,9H2,1H3. The molecule has 0 bridgehead atoms. The number of furan rings is 1. The summed E-state index contributed by atoms with van der Waals surface area (Å²) in [5.41, 5.74) is 0.891. The van der Waals surface area contributed by atoms with Crippen molar-refractivity contribution in [1.82, 2.24) is 15.0 Å². The van der Waals surface area contributed by atoms with Crippen molar-refractivity contribution in [2.45, 2.75) is 13.5 Å². The molecule has 0 aromatic carbocycles. The number of rotatable bonds is 3. The Morgan fingerprint density at radius 1 is 1.33 bits per heavy atom. The van der Waals surface area contributed by atoms with Gasteiger partial charge in [0.05, 0.1) is 12.2 Å². The van der Waals surface area contributed by atoms with Gasteiger partial charge in [-0.1, -0.05) is 5.16 Å². The average molecular weight is 354 g/mol. The van der Waals surface area contributed by atoms with Gasteiger partial charge in [0.15, 0.2) is 16.2 Å². The number of aromatic nitrogens is 1. The summed E-state index contributed by atoms with van der Waals surface area (Å²) in [6.07, 6.45) is 0. The molecule has 7 heteroatoms. The molecule has 112 valence electrons. The van der Waals surface area contributed by atoms with Gasteiger partial charge in [-0.3, -0.25) is 9.69 Å².